The molecular formula is C19H21BrN2O3. The molecule has 25 heavy (non-hydrogen) atoms. The fraction of sp³-hybridized carbons (Fsp3) is 0.421. The van der Waals surface area contributed by atoms with E-state index in [1.807, 2.05) is 25.1 Å². The number of pyridine rings is 1. The number of nitrogens with zero attached hydrogens (tertiary/aromatic N) is 1. The minimum absolute atomic E-state index is 0.0550. The summed E-state index contributed by atoms with van der Waals surface area (Å²) in [6.07, 6.45) is 1.20. The predicted molar refractivity (Wildman–Crippen MR) is 97.6 cm³/mol. The van der Waals surface area contributed by atoms with E-state index in [9.17, 15) is 9.59 Å². The number of rotatable bonds is 2. The van der Waals surface area contributed by atoms with E-state index in [0.29, 0.717) is 33.6 Å². The van der Waals surface area contributed by atoms with E-state index in [2.05, 4.69) is 40.1 Å². The van der Waals surface area contributed by atoms with E-state index in [0.717, 1.165) is 12.1 Å². The van der Waals surface area contributed by atoms with Gasteiger partial charge in [-0.15, -0.1) is 0 Å². The van der Waals surface area contributed by atoms with Crippen LogP contribution in [0.3, 0.4) is 0 Å². The first-order chi connectivity index (χ1) is 11.7. The summed E-state index contributed by atoms with van der Waals surface area (Å²) < 4.78 is 5.65. The fourth-order valence-corrected chi connectivity index (χ4v) is 4.05. The zero-order chi connectivity index (χ0) is 18.4. The maximum Gasteiger partial charge on any atom is 0.336 e. The second-order valence-corrected chi connectivity index (χ2v) is 8.12. The number of halogens is 1. The molecule has 3 rings (SSSR count). The Hall–Kier alpha value is -1.95. The van der Waals surface area contributed by atoms with Gasteiger partial charge in [0.15, 0.2) is 5.78 Å². The van der Waals surface area contributed by atoms with Gasteiger partial charge >= 0.3 is 5.97 Å². The number of carbonyl (C=O) groups excluding carboxylic acids is 2. The fourth-order valence-electron chi connectivity index (χ4n) is 3.70. The smallest absolute Gasteiger partial charge is 0.336 e. The SMILES string of the molecule is COC(=O)C1=C(C)NC2=C(C(=O)CC(C)(C)C2)C1c1cccc(Br)n1. The molecule has 2 aliphatic rings. The molecule has 0 bridgehead atoms. The number of hydrogen-bond donors (Lipinski definition) is 1. The molecule has 1 aliphatic carbocycles. The van der Waals surface area contributed by atoms with E-state index >= 15 is 0 Å². The summed E-state index contributed by atoms with van der Waals surface area (Å²) >= 11 is 3.38. The summed E-state index contributed by atoms with van der Waals surface area (Å²) in [5.41, 5.74) is 3.23. The van der Waals surface area contributed by atoms with Gasteiger partial charge in [0, 0.05) is 23.4 Å². The Morgan fingerprint density at radius 3 is 2.72 bits per heavy atom. The van der Waals surface area contributed by atoms with Gasteiger partial charge in [0.1, 0.15) is 4.60 Å². The van der Waals surface area contributed by atoms with E-state index in [4.69, 9.17) is 4.74 Å². The molecule has 0 saturated carbocycles. The zero-order valence-corrected chi connectivity index (χ0v) is 16.4. The minimum atomic E-state index is -0.509. The number of methoxy groups -OCH3 is 1. The number of aromatic nitrogens is 1. The summed E-state index contributed by atoms with van der Waals surface area (Å²) in [6, 6.07) is 5.52. The molecule has 5 nitrogen and oxygen atoms in total. The lowest BCUT2D eigenvalue weighted by Crippen LogP contribution is -2.38. The Morgan fingerprint density at radius 1 is 1.36 bits per heavy atom. The summed E-state index contributed by atoms with van der Waals surface area (Å²) in [5.74, 6) is -0.898. The Kier molecular flexibility index (Phi) is 4.58. The Bertz CT molecular complexity index is 824. The lowest BCUT2D eigenvalue weighted by molar-refractivity contribution is -0.136. The number of nitrogens with one attached hydrogen (secondary N) is 1. The van der Waals surface area contributed by atoms with Crippen LogP contribution in [0.25, 0.3) is 0 Å². The quantitative estimate of drug-likeness (QED) is 0.601. The van der Waals surface area contributed by atoms with Crippen molar-refractivity contribution in [2.45, 2.75) is 39.5 Å². The standard InChI is InChI=1S/C19H21BrN2O3/c1-10-15(18(24)25-4)17(11-6-5-7-14(20)22-11)16-12(21-10)8-19(2,3)9-13(16)23/h5-7,17,21H,8-9H2,1-4H3. The topological polar surface area (TPSA) is 68.3 Å². The maximum absolute atomic E-state index is 13.0. The van der Waals surface area contributed by atoms with E-state index < -0.39 is 11.9 Å². The maximum atomic E-state index is 13.0. The van der Waals surface area contributed by atoms with Crippen LogP contribution in [0.1, 0.15) is 45.2 Å². The number of ketones is 1. The van der Waals surface area contributed by atoms with Crippen LogP contribution in [0, 0.1) is 5.41 Å². The van der Waals surface area contributed by atoms with Crippen LogP contribution in [0.5, 0.6) is 0 Å². The molecule has 1 aliphatic heterocycles. The van der Waals surface area contributed by atoms with E-state index in [-0.39, 0.29) is 11.2 Å². The molecule has 0 spiro atoms. The van der Waals surface area contributed by atoms with Crippen molar-refractivity contribution in [2.75, 3.05) is 7.11 Å². The summed E-state index contributed by atoms with van der Waals surface area (Å²) in [6.45, 7) is 6.00. The second-order valence-electron chi connectivity index (χ2n) is 7.31. The minimum Gasteiger partial charge on any atom is -0.466 e. The number of esters is 1. The third-order valence-corrected chi connectivity index (χ3v) is 5.12. The highest BCUT2D eigenvalue weighted by Crippen LogP contribution is 2.46. The molecule has 0 radical (unpaired) electrons. The van der Waals surface area contributed by atoms with Gasteiger partial charge in [-0.1, -0.05) is 19.9 Å². The molecule has 132 valence electrons. The van der Waals surface area contributed by atoms with Crippen LogP contribution >= 0.6 is 15.9 Å². The third-order valence-electron chi connectivity index (χ3n) is 4.68. The molecular weight excluding hydrogens is 384 g/mol. The van der Waals surface area contributed by atoms with Crippen molar-refractivity contribution >= 4 is 27.7 Å². The van der Waals surface area contributed by atoms with E-state index in [1.54, 1.807) is 0 Å². The van der Waals surface area contributed by atoms with Gasteiger partial charge in [-0.2, -0.15) is 0 Å². The summed E-state index contributed by atoms with van der Waals surface area (Å²) in [5, 5.41) is 3.28. The molecule has 6 heteroatoms. The Balaban J connectivity index is 2.21. The lowest BCUT2D eigenvalue weighted by atomic mass is 9.69. The third kappa shape index (κ3) is 3.27. The van der Waals surface area contributed by atoms with Gasteiger partial charge in [-0.3, -0.25) is 4.79 Å². The summed E-state index contributed by atoms with van der Waals surface area (Å²) in [7, 11) is 1.35. The first-order valence-corrected chi connectivity index (χ1v) is 8.97. The van der Waals surface area contributed by atoms with Gasteiger partial charge in [0.25, 0.3) is 0 Å². The molecule has 1 aromatic heterocycles. The average Bonchev–Trinajstić information content (AvgIpc) is 2.51. The number of dihydropyridines is 1. The van der Waals surface area contributed by atoms with Crippen LogP contribution in [-0.4, -0.2) is 23.8 Å². The first-order valence-electron chi connectivity index (χ1n) is 8.18. The lowest BCUT2D eigenvalue weighted by Gasteiger charge is -2.39. The van der Waals surface area contributed by atoms with Crippen molar-refractivity contribution in [2.24, 2.45) is 5.41 Å². The largest absolute Gasteiger partial charge is 0.466 e. The van der Waals surface area contributed by atoms with Gasteiger partial charge < -0.3 is 10.1 Å². The number of carbonyl (C=O) groups is 2. The van der Waals surface area contributed by atoms with Crippen LogP contribution in [0.15, 0.2) is 45.3 Å². The second kappa shape index (κ2) is 6.41. The predicted octanol–water partition coefficient (Wildman–Crippen LogP) is 3.62. The summed E-state index contributed by atoms with van der Waals surface area (Å²) in [4.78, 5) is 29.9. The molecule has 0 saturated heterocycles. The van der Waals surface area contributed by atoms with Gasteiger partial charge in [0.2, 0.25) is 0 Å². The van der Waals surface area contributed by atoms with Crippen molar-refractivity contribution in [3.8, 4) is 0 Å². The van der Waals surface area contributed by atoms with Crippen molar-refractivity contribution in [1.82, 2.24) is 10.3 Å². The van der Waals surface area contributed by atoms with Crippen LogP contribution in [-0.2, 0) is 14.3 Å². The molecule has 1 aromatic rings. The molecule has 0 amide bonds. The highest BCUT2D eigenvalue weighted by Gasteiger charge is 2.43. The van der Waals surface area contributed by atoms with Crippen molar-refractivity contribution in [3.05, 3.63) is 51.0 Å². The normalized spacial score (nSPS) is 22.4. The van der Waals surface area contributed by atoms with E-state index in [1.165, 1.54) is 7.11 Å². The molecule has 1 N–H and O–H groups in total. The average molecular weight is 405 g/mol. The number of hydrogen-bond acceptors (Lipinski definition) is 5. The molecule has 1 atom stereocenters. The molecule has 0 aromatic carbocycles. The molecule has 0 fully saturated rings. The molecule has 2 heterocycles. The first kappa shape index (κ1) is 17.9. The van der Waals surface area contributed by atoms with Crippen molar-refractivity contribution in [1.29, 1.82) is 0 Å². The number of ether oxygens (including phenoxy) is 1. The number of Topliss-reactive ketones (excluding diaryl/α,β-unsaturated/α-hetero) is 1. The van der Waals surface area contributed by atoms with Crippen LogP contribution in [0.4, 0.5) is 0 Å². The Labute approximate surface area is 155 Å². The van der Waals surface area contributed by atoms with Crippen molar-refractivity contribution < 1.29 is 14.3 Å². The van der Waals surface area contributed by atoms with Crippen molar-refractivity contribution in [3.63, 3.8) is 0 Å². The van der Waals surface area contributed by atoms with Gasteiger partial charge in [-0.25, -0.2) is 9.78 Å². The highest BCUT2D eigenvalue weighted by atomic mass is 79.9. The highest BCUT2D eigenvalue weighted by molar-refractivity contribution is 9.10. The zero-order valence-electron chi connectivity index (χ0n) is 14.8. The Morgan fingerprint density at radius 2 is 2.08 bits per heavy atom. The van der Waals surface area contributed by atoms with Gasteiger partial charge in [-0.05, 0) is 46.8 Å². The monoisotopic (exact) mass is 404 g/mol. The molecule has 1 unspecified atom stereocenters. The van der Waals surface area contributed by atoms with Gasteiger partial charge in [0.05, 0.1) is 24.3 Å². The van der Waals surface area contributed by atoms with Crippen LogP contribution < -0.4 is 5.32 Å². The van der Waals surface area contributed by atoms with Crippen LogP contribution in [0.2, 0.25) is 0 Å². The number of allylic oxidation sites excluding steroid dienone is 3.